The topological polar surface area (TPSA) is 128 Å². The maximum absolute atomic E-state index is 13.3. The van der Waals surface area contributed by atoms with Crippen LogP contribution in [0.25, 0.3) is 0 Å². The molecule has 3 heterocycles. The lowest BCUT2D eigenvalue weighted by Crippen LogP contribution is -2.44. The first-order chi connectivity index (χ1) is 15.3. The lowest BCUT2D eigenvalue weighted by atomic mass is 9.68. The molecule has 2 aromatic rings. The molecule has 1 saturated heterocycles. The number of imide groups is 1. The number of aromatic hydroxyl groups is 1. The predicted octanol–water partition coefficient (Wildman–Crippen LogP) is 2.09. The molecule has 3 fully saturated rings. The van der Waals surface area contributed by atoms with E-state index in [4.69, 9.17) is 0 Å². The number of H-pyrrole nitrogens is 1. The van der Waals surface area contributed by atoms with Crippen LogP contribution in [0, 0.1) is 29.6 Å². The summed E-state index contributed by atoms with van der Waals surface area (Å²) < 4.78 is 0. The van der Waals surface area contributed by atoms with E-state index in [0.717, 1.165) is 31.7 Å². The van der Waals surface area contributed by atoms with Crippen LogP contribution in [0.15, 0.2) is 34.1 Å². The first kappa shape index (κ1) is 20.0. The van der Waals surface area contributed by atoms with Gasteiger partial charge in [0.2, 0.25) is 11.8 Å². The number of carboxylic acid groups (broad SMARTS) is 1. The van der Waals surface area contributed by atoms with E-state index in [1.165, 1.54) is 6.92 Å². The van der Waals surface area contributed by atoms with Gasteiger partial charge in [0.15, 0.2) is 0 Å². The fourth-order valence-corrected chi connectivity index (χ4v) is 9.51. The second kappa shape index (κ2) is 6.71. The van der Waals surface area contributed by atoms with E-state index in [-0.39, 0.29) is 45.5 Å². The van der Waals surface area contributed by atoms with E-state index in [1.54, 1.807) is 23.9 Å². The fraction of sp³-hybridized carbons (Fsp3) is 0.455. The number of hydrogen-bond donors (Lipinski definition) is 3. The van der Waals surface area contributed by atoms with Gasteiger partial charge in [-0.15, -0.1) is 11.8 Å². The maximum atomic E-state index is 13.3. The van der Waals surface area contributed by atoms with Gasteiger partial charge in [-0.1, -0.05) is 29.5 Å². The van der Waals surface area contributed by atoms with Gasteiger partial charge < -0.3 is 15.2 Å². The molecule has 6 rings (SSSR count). The maximum Gasteiger partial charge on any atom is 0.326 e. The number of aromatic amines is 1. The summed E-state index contributed by atoms with van der Waals surface area (Å²) in [6, 6.07) is 5.87. The zero-order chi connectivity index (χ0) is 22.5. The van der Waals surface area contributed by atoms with E-state index in [1.807, 2.05) is 12.1 Å². The Labute approximate surface area is 190 Å². The summed E-state index contributed by atoms with van der Waals surface area (Å²) in [6.45, 7) is 1.37. The number of thiazole rings is 1. The third-order valence-corrected chi connectivity index (χ3v) is 10.4. The predicted molar refractivity (Wildman–Crippen MR) is 116 cm³/mol. The van der Waals surface area contributed by atoms with Gasteiger partial charge >= 0.3 is 10.8 Å². The van der Waals surface area contributed by atoms with Gasteiger partial charge in [-0.2, -0.15) is 0 Å². The fourth-order valence-electron chi connectivity index (χ4n) is 6.63. The first-order valence-electron chi connectivity index (χ1n) is 10.6. The highest BCUT2D eigenvalue weighted by Gasteiger charge is 2.70. The molecule has 0 unspecified atom stereocenters. The highest BCUT2D eigenvalue weighted by molar-refractivity contribution is 8.00. The number of rotatable bonds is 3. The highest BCUT2D eigenvalue weighted by Crippen LogP contribution is 2.69. The second-order valence-electron chi connectivity index (χ2n) is 9.08. The number of fused-ring (bicyclic) bond motifs is 9. The second-order valence-corrected chi connectivity index (χ2v) is 11.3. The normalized spacial score (nSPS) is 35.5. The summed E-state index contributed by atoms with van der Waals surface area (Å²) in [5.41, 5.74) is 0.718. The molecule has 0 radical (unpaired) electrons. The quantitative estimate of drug-likeness (QED) is 0.584. The highest BCUT2D eigenvalue weighted by atomic mass is 32.2. The van der Waals surface area contributed by atoms with Crippen molar-refractivity contribution in [3.8, 4) is 5.75 Å². The van der Waals surface area contributed by atoms with E-state index >= 15 is 0 Å². The zero-order valence-corrected chi connectivity index (χ0v) is 18.6. The van der Waals surface area contributed by atoms with E-state index < -0.39 is 29.8 Å². The van der Waals surface area contributed by atoms with Crippen LogP contribution in [0.1, 0.15) is 29.7 Å². The van der Waals surface area contributed by atoms with Crippen molar-refractivity contribution in [3.05, 3.63) is 44.4 Å². The molecule has 2 aliphatic heterocycles. The minimum Gasteiger partial charge on any atom is -0.508 e. The van der Waals surface area contributed by atoms with Crippen LogP contribution < -0.4 is 4.87 Å². The summed E-state index contributed by atoms with van der Waals surface area (Å²) >= 11 is 2.69. The number of nitrogens with one attached hydrogen (secondary N) is 1. The van der Waals surface area contributed by atoms with Gasteiger partial charge in [-0.05, 0) is 37.2 Å². The zero-order valence-electron chi connectivity index (χ0n) is 16.9. The number of hydrogen-bond acceptors (Lipinski definition) is 7. The Kier molecular flexibility index (Phi) is 4.20. The summed E-state index contributed by atoms with van der Waals surface area (Å²) in [5, 5.41) is 20.9. The van der Waals surface area contributed by atoms with Crippen molar-refractivity contribution in [1.82, 2.24) is 9.88 Å². The minimum atomic E-state index is -1.20. The number of carbonyl (C=O) groups excluding carboxylic acids is 2. The third kappa shape index (κ3) is 2.45. The largest absolute Gasteiger partial charge is 0.508 e. The van der Waals surface area contributed by atoms with Gasteiger partial charge in [-0.25, -0.2) is 4.79 Å². The number of likely N-dealkylation sites (tertiary alicyclic amines) is 1. The Hall–Kier alpha value is -2.59. The number of aromatic nitrogens is 1. The molecule has 32 heavy (non-hydrogen) atoms. The number of phenols is 1. The molecule has 1 aromatic heterocycles. The average molecular weight is 473 g/mol. The van der Waals surface area contributed by atoms with Crippen LogP contribution in [0.5, 0.6) is 5.75 Å². The third-order valence-electron chi connectivity index (χ3n) is 7.77. The number of carboxylic acids is 1. The molecule has 8 atom stereocenters. The molecule has 0 spiro atoms. The SMILES string of the molecule is C[C@H](C(=O)O)N1C(=O)[C@@H]2[C@H]3C[C@@H]([C@@H]2C1=O)[C@H]1[C@@H](c2ccccc2O)c2sc(=O)[nH]c2S[C@H]31. The van der Waals surface area contributed by atoms with Gasteiger partial charge in [0.05, 0.1) is 16.9 Å². The number of para-hydroxylation sites is 1. The molecule has 2 amide bonds. The smallest absolute Gasteiger partial charge is 0.326 e. The van der Waals surface area contributed by atoms with E-state index in [9.17, 15) is 29.4 Å². The first-order valence-corrected chi connectivity index (χ1v) is 12.3. The Morgan fingerprint density at radius 3 is 2.53 bits per heavy atom. The number of nitrogens with zero attached hydrogens (tertiary/aromatic N) is 1. The van der Waals surface area contributed by atoms with E-state index in [0.29, 0.717) is 6.42 Å². The van der Waals surface area contributed by atoms with Crippen molar-refractivity contribution in [2.75, 3.05) is 0 Å². The summed E-state index contributed by atoms with van der Waals surface area (Å²) in [7, 11) is 0. The number of amides is 2. The number of thioether (sulfide) groups is 1. The molecule has 2 bridgehead atoms. The minimum absolute atomic E-state index is 0.000408. The lowest BCUT2D eigenvalue weighted by molar-refractivity contribution is -0.154. The molecule has 8 nitrogen and oxygen atoms in total. The summed E-state index contributed by atoms with van der Waals surface area (Å²) in [4.78, 5) is 54.8. The van der Waals surface area contributed by atoms with Gasteiger partial charge in [0.25, 0.3) is 0 Å². The van der Waals surface area contributed by atoms with Gasteiger partial charge in [0.1, 0.15) is 11.8 Å². The molecule has 10 heteroatoms. The van der Waals surface area contributed by atoms with Crippen molar-refractivity contribution < 1.29 is 24.6 Å². The number of aliphatic carboxylic acids is 1. The van der Waals surface area contributed by atoms with Crippen LogP contribution in [-0.2, 0) is 14.4 Å². The monoisotopic (exact) mass is 472 g/mol. The van der Waals surface area contributed by atoms with Crippen LogP contribution >= 0.6 is 23.1 Å². The van der Waals surface area contributed by atoms with Crippen molar-refractivity contribution in [3.63, 3.8) is 0 Å². The van der Waals surface area contributed by atoms with Crippen molar-refractivity contribution in [2.24, 2.45) is 29.6 Å². The Balaban J connectivity index is 1.47. The Morgan fingerprint density at radius 2 is 1.84 bits per heavy atom. The Bertz CT molecular complexity index is 1240. The molecule has 3 N–H and O–H groups in total. The van der Waals surface area contributed by atoms with Crippen molar-refractivity contribution in [1.29, 1.82) is 0 Å². The Morgan fingerprint density at radius 1 is 1.16 bits per heavy atom. The average Bonchev–Trinajstić information content (AvgIpc) is 3.47. The van der Waals surface area contributed by atoms with E-state index in [2.05, 4.69) is 4.98 Å². The molecule has 2 saturated carbocycles. The van der Waals surface area contributed by atoms with Gasteiger partial charge in [0, 0.05) is 21.6 Å². The standard InChI is InChI=1S/C22H20N2O6S2/c1-7(21(28)29)24-19(26)14-9-6-10(15(14)20(24)27)16-13(9)12(8-4-2-3-5-11(8)25)17-18(31-16)23-22(30)32-17/h2-5,7,9-10,12-16,25H,6H2,1H3,(H,23,30)(H,28,29)/t7-,9-,10-,12-,13+,14+,15-,16-/m1/s1. The summed E-state index contributed by atoms with van der Waals surface area (Å²) in [5.74, 6) is -3.36. The molecule has 1 aromatic carbocycles. The number of carbonyl (C=O) groups is 3. The number of phenolic OH excluding ortho intramolecular Hbond substituents is 1. The van der Waals surface area contributed by atoms with Crippen LogP contribution in [0.2, 0.25) is 0 Å². The molecule has 4 aliphatic rings. The van der Waals surface area contributed by atoms with Crippen molar-refractivity contribution in [2.45, 2.75) is 35.6 Å². The number of benzene rings is 1. The van der Waals surface area contributed by atoms with Gasteiger partial charge in [-0.3, -0.25) is 19.3 Å². The molecule has 166 valence electrons. The van der Waals surface area contributed by atoms with Crippen LogP contribution in [0.3, 0.4) is 0 Å². The molecule has 2 aliphatic carbocycles. The molecular formula is C22H20N2O6S2. The van der Waals surface area contributed by atoms with Crippen molar-refractivity contribution >= 4 is 40.9 Å². The lowest BCUT2D eigenvalue weighted by Gasteiger charge is -2.43. The van der Waals surface area contributed by atoms with Crippen LogP contribution in [-0.4, -0.2) is 49.2 Å². The van der Waals surface area contributed by atoms with Crippen LogP contribution in [0.4, 0.5) is 0 Å². The summed E-state index contributed by atoms with van der Waals surface area (Å²) in [6.07, 6.45) is 0.716. The molecular weight excluding hydrogens is 452 g/mol.